The Morgan fingerprint density at radius 1 is 1.29 bits per heavy atom. The maximum absolute atomic E-state index is 12.8. The minimum atomic E-state index is -0.232. The van der Waals surface area contributed by atoms with Gasteiger partial charge in [0, 0.05) is 24.7 Å². The highest BCUT2D eigenvalue weighted by Crippen LogP contribution is 2.31. The summed E-state index contributed by atoms with van der Waals surface area (Å²) in [5.41, 5.74) is 7.97. The third-order valence-corrected chi connectivity index (χ3v) is 4.77. The molecule has 0 spiro atoms. The quantitative estimate of drug-likeness (QED) is 0.438. The number of carbonyl (C=O) groups is 2. The van der Waals surface area contributed by atoms with Crippen LogP contribution in [0.1, 0.15) is 35.4 Å². The van der Waals surface area contributed by atoms with Gasteiger partial charge in [0.25, 0.3) is 0 Å². The molecule has 0 bridgehead atoms. The van der Waals surface area contributed by atoms with E-state index in [0.29, 0.717) is 30.8 Å². The molecule has 0 aliphatic carbocycles. The number of hydrogen-bond acceptors (Lipinski definition) is 5. The van der Waals surface area contributed by atoms with Gasteiger partial charge < -0.3 is 10.5 Å². The van der Waals surface area contributed by atoms with E-state index in [4.69, 9.17) is 11.1 Å². The van der Waals surface area contributed by atoms with Crippen molar-refractivity contribution in [1.82, 2.24) is 4.98 Å². The number of hydrogen-bond donors (Lipinski definition) is 2. The second-order valence-electron chi connectivity index (χ2n) is 6.47. The number of nitrogen functional groups attached to an aromatic ring is 1. The molecule has 28 heavy (non-hydrogen) atoms. The van der Waals surface area contributed by atoms with Crippen molar-refractivity contribution >= 4 is 35.9 Å². The predicted octanol–water partition coefficient (Wildman–Crippen LogP) is 2.41. The first-order valence-electron chi connectivity index (χ1n) is 8.77. The van der Waals surface area contributed by atoms with Crippen molar-refractivity contribution in [2.24, 2.45) is 5.73 Å². The predicted molar refractivity (Wildman–Crippen MR) is 109 cm³/mol. The van der Waals surface area contributed by atoms with E-state index < -0.39 is 0 Å². The molecule has 1 saturated heterocycles. The molecule has 0 saturated carbocycles. The number of nitrogens with one attached hydrogen (secondary N) is 1. The molecule has 7 nitrogen and oxygen atoms in total. The van der Waals surface area contributed by atoms with Gasteiger partial charge in [-0.1, -0.05) is 24.3 Å². The molecule has 1 aliphatic heterocycles. The molecule has 1 aliphatic rings. The van der Waals surface area contributed by atoms with Gasteiger partial charge in [0.15, 0.2) is 0 Å². The number of aromatic nitrogens is 1. The van der Waals surface area contributed by atoms with Crippen molar-refractivity contribution in [2.75, 3.05) is 18.6 Å². The fourth-order valence-corrected chi connectivity index (χ4v) is 3.19. The van der Waals surface area contributed by atoms with Crippen LogP contribution in [0.3, 0.4) is 0 Å². The van der Waals surface area contributed by atoms with Crippen LogP contribution >= 0.6 is 12.4 Å². The average molecular weight is 403 g/mol. The van der Waals surface area contributed by atoms with E-state index in [2.05, 4.69) is 9.72 Å². The summed E-state index contributed by atoms with van der Waals surface area (Å²) in [5.74, 6) is 0.104. The lowest BCUT2D eigenvalue weighted by atomic mass is 9.96. The zero-order chi connectivity index (χ0) is 19.4. The Kier molecular flexibility index (Phi) is 7.12. The fraction of sp³-hybridized carbons (Fsp3) is 0.300. The Morgan fingerprint density at radius 3 is 2.57 bits per heavy atom. The van der Waals surface area contributed by atoms with Crippen molar-refractivity contribution in [3.63, 3.8) is 0 Å². The van der Waals surface area contributed by atoms with Gasteiger partial charge in [-0.15, -0.1) is 12.4 Å². The zero-order valence-electron chi connectivity index (χ0n) is 15.6. The molecular weight excluding hydrogens is 380 g/mol. The van der Waals surface area contributed by atoms with Gasteiger partial charge in [0.2, 0.25) is 5.91 Å². The van der Waals surface area contributed by atoms with Crippen LogP contribution < -0.4 is 10.6 Å². The van der Waals surface area contributed by atoms with Crippen molar-refractivity contribution in [3.05, 3.63) is 59.3 Å². The number of ether oxygens (including phenoxy) is 1. The smallest absolute Gasteiger partial charge is 0.305 e. The van der Waals surface area contributed by atoms with Gasteiger partial charge in [-0.25, -0.2) is 4.98 Å². The fourth-order valence-electron chi connectivity index (χ4n) is 3.19. The molecule has 0 radical (unpaired) electrons. The van der Waals surface area contributed by atoms with Crippen LogP contribution in [0.5, 0.6) is 0 Å². The number of methoxy groups -OCH3 is 1. The topological polar surface area (TPSA) is 109 Å². The first-order valence-corrected chi connectivity index (χ1v) is 8.77. The summed E-state index contributed by atoms with van der Waals surface area (Å²) >= 11 is 0. The van der Waals surface area contributed by atoms with Gasteiger partial charge in [-0.05, 0) is 36.1 Å². The van der Waals surface area contributed by atoms with Crippen LogP contribution in [-0.2, 0) is 20.7 Å². The summed E-state index contributed by atoms with van der Waals surface area (Å²) in [4.78, 5) is 30.0. The third-order valence-electron chi connectivity index (χ3n) is 4.77. The first-order chi connectivity index (χ1) is 13.0. The van der Waals surface area contributed by atoms with E-state index in [-0.39, 0.29) is 36.0 Å². The Hall–Kier alpha value is -2.93. The Morgan fingerprint density at radius 2 is 2.00 bits per heavy atom. The molecule has 2 heterocycles. The highest BCUT2D eigenvalue weighted by atomic mass is 35.5. The number of benzene rings is 1. The van der Waals surface area contributed by atoms with E-state index in [9.17, 15) is 9.59 Å². The van der Waals surface area contributed by atoms with Crippen molar-refractivity contribution in [1.29, 1.82) is 5.41 Å². The molecule has 3 N–H and O–H groups in total. The molecule has 3 rings (SSSR count). The summed E-state index contributed by atoms with van der Waals surface area (Å²) in [7, 11) is 1.38. The monoisotopic (exact) mass is 402 g/mol. The normalized spacial score (nSPS) is 15.8. The van der Waals surface area contributed by atoms with Gasteiger partial charge >= 0.3 is 5.97 Å². The minimum absolute atomic E-state index is 0. The maximum atomic E-state index is 12.8. The number of nitrogens with two attached hydrogens (primary N) is 1. The van der Waals surface area contributed by atoms with Crippen LogP contribution in [-0.4, -0.2) is 36.4 Å². The lowest BCUT2D eigenvalue weighted by Crippen LogP contribution is -2.27. The first kappa shape index (κ1) is 21.4. The molecule has 1 unspecified atom stereocenters. The van der Waals surface area contributed by atoms with Gasteiger partial charge in [-0.2, -0.15) is 0 Å². The number of halogens is 1. The Labute approximate surface area is 169 Å². The molecule has 1 aromatic heterocycles. The molecule has 1 fully saturated rings. The van der Waals surface area contributed by atoms with Crippen LogP contribution in [0.2, 0.25) is 0 Å². The Bertz CT molecular complexity index is 853. The summed E-state index contributed by atoms with van der Waals surface area (Å²) < 4.78 is 4.65. The van der Waals surface area contributed by atoms with Crippen molar-refractivity contribution < 1.29 is 14.3 Å². The third kappa shape index (κ3) is 4.67. The number of amidine groups is 1. The number of anilines is 1. The maximum Gasteiger partial charge on any atom is 0.305 e. The highest BCUT2D eigenvalue weighted by Gasteiger charge is 2.34. The van der Waals surface area contributed by atoms with Crippen molar-refractivity contribution in [3.8, 4) is 0 Å². The number of pyridine rings is 1. The number of esters is 1. The highest BCUT2D eigenvalue weighted by molar-refractivity contribution is 6.00. The molecule has 1 amide bonds. The number of aryl methyl sites for hydroxylation is 1. The summed E-state index contributed by atoms with van der Waals surface area (Å²) in [5, 5.41) is 7.41. The van der Waals surface area contributed by atoms with E-state index in [0.717, 1.165) is 17.5 Å². The van der Waals surface area contributed by atoms with Crippen LogP contribution in [0.15, 0.2) is 42.6 Å². The largest absolute Gasteiger partial charge is 0.469 e. The van der Waals surface area contributed by atoms with Crippen LogP contribution in [0, 0.1) is 5.41 Å². The summed E-state index contributed by atoms with van der Waals surface area (Å²) in [6.45, 7) is 0.597. The standard InChI is InChI=1S/C20H22N4O3.ClH/c1-27-18(25)9-4-13-2-5-14(6-3-13)16-10-11-24(20(16)26)17-8-7-15(12-23-17)19(21)22;/h2-3,5-8,12,16H,4,9-11H2,1H3,(H3,21,22);1H. The summed E-state index contributed by atoms with van der Waals surface area (Å²) in [6, 6.07) is 11.2. The minimum Gasteiger partial charge on any atom is -0.469 e. The molecule has 2 aromatic rings. The van der Waals surface area contributed by atoms with E-state index >= 15 is 0 Å². The van der Waals surface area contributed by atoms with Gasteiger partial charge in [0.1, 0.15) is 11.7 Å². The molecular formula is C20H23ClN4O3. The van der Waals surface area contributed by atoms with Crippen molar-refractivity contribution in [2.45, 2.75) is 25.2 Å². The molecule has 1 atom stereocenters. The number of nitrogens with zero attached hydrogens (tertiary/aromatic N) is 2. The van der Waals surface area contributed by atoms with E-state index in [1.807, 2.05) is 24.3 Å². The lowest BCUT2D eigenvalue weighted by Gasteiger charge is -2.16. The second kappa shape index (κ2) is 9.32. The van der Waals surface area contributed by atoms with Gasteiger partial charge in [-0.3, -0.25) is 19.9 Å². The summed E-state index contributed by atoms with van der Waals surface area (Å²) in [6.07, 6.45) is 3.18. The van der Waals surface area contributed by atoms with Gasteiger partial charge in [0.05, 0.1) is 13.0 Å². The second-order valence-corrected chi connectivity index (χ2v) is 6.47. The number of rotatable bonds is 6. The average Bonchev–Trinajstić information content (AvgIpc) is 3.08. The zero-order valence-corrected chi connectivity index (χ0v) is 16.4. The van der Waals surface area contributed by atoms with E-state index in [1.54, 1.807) is 17.0 Å². The van der Waals surface area contributed by atoms with Crippen LogP contribution in [0.4, 0.5) is 5.82 Å². The lowest BCUT2D eigenvalue weighted by molar-refractivity contribution is -0.140. The van der Waals surface area contributed by atoms with Crippen LogP contribution in [0.25, 0.3) is 0 Å². The molecule has 1 aromatic carbocycles. The molecule has 148 valence electrons. The Balaban J connectivity index is 0.00000280. The SMILES string of the molecule is COC(=O)CCc1ccc(C2CCN(c3ccc(C(=N)N)cn3)C2=O)cc1.Cl. The molecule has 8 heteroatoms. The number of amides is 1. The van der Waals surface area contributed by atoms with E-state index in [1.165, 1.54) is 13.3 Å². The number of carbonyl (C=O) groups excluding carboxylic acids is 2.